The number of piperazine rings is 1. The van der Waals surface area contributed by atoms with Crippen molar-refractivity contribution in [2.45, 2.75) is 26.9 Å². The van der Waals surface area contributed by atoms with Crippen molar-refractivity contribution in [3.8, 4) is 0 Å². The first-order valence-corrected chi connectivity index (χ1v) is 10.9. The Kier molecular flexibility index (Phi) is 6.49. The third-order valence-corrected chi connectivity index (χ3v) is 5.97. The van der Waals surface area contributed by atoms with Gasteiger partial charge in [-0.2, -0.15) is 5.10 Å². The third-order valence-electron chi connectivity index (χ3n) is 5.97. The molecular weight excluding hydrogens is 386 g/mol. The maximum Gasteiger partial charge on any atom is 0.259 e. The highest BCUT2D eigenvalue weighted by atomic mass is 16.1. The Balaban J connectivity index is 1.45. The van der Waals surface area contributed by atoms with E-state index in [1.54, 1.807) is 0 Å². The molecule has 4 rings (SSSR count). The fourth-order valence-electron chi connectivity index (χ4n) is 4.14. The summed E-state index contributed by atoms with van der Waals surface area (Å²) in [5, 5.41) is 7.70. The van der Waals surface area contributed by atoms with Crippen molar-refractivity contribution in [3.05, 3.63) is 82.7 Å². The van der Waals surface area contributed by atoms with Gasteiger partial charge in [0, 0.05) is 44.1 Å². The summed E-state index contributed by atoms with van der Waals surface area (Å²) in [6.07, 6.45) is 0. The molecule has 2 aromatic carbocycles. The lowest BCUT2D eigenvalue weighted by atomic mass is 10.1. The van der Waals surface area contributed by atoms with Gasteiger partial charge >= 0.3 is 0 Å². The molecule has 6 nitrogen and oxygen atoms in total. The van der Waals surface area contributed by atoms with Crippen LogP contribution in [0.15, 0.2) is 54.6 Å². The van der Waals surface area contributed by atoms with Gasteiger partial charge < -0.3 is 10.2 Å². The summed E-state index contributed by atoms with van der Waals surface area (Å²) in [5.74, 6) is -0.106. The van der Waals surface area contributed by atoms with Gasteiger partial charge in [-0.05, 0) is 44.2 Å². The Morgan fingerprint density at radius 3 is 2.39 bits per heavy atom. The first-order valence-electron chi connectivity index (χ1n) is 10.9. The number of likely N-dealkylation sites (N-methyl/N-ethyl adjacent to an activating group) is 1. The van der Waals surface area contributed by atoms with E-state index in [0.717, 1.165) is 55.4 Å². The minimum absolute atomic E-state index is 0.106. The summed E-state index contributed by atoms with van der Waals surface area (Å²) in [6.45, 7) is 9.77. The van der Waals surface area contributed by atoms with Gasteiger partial charge in [0.05, 0.1) is 17.8 Å². The molecule has 3 aromatic rings. The number of benzene rings is 2. The van der Waals surface area contributed by atoms with Crippen molar-refractivity contribution in [1.29, 1.82) is 0 Å². The average Bonchev–Trinajstić information content (AvgIpc) is 3.03. The molecule has 6 heteroatoms. The zero-order valence-electron chi connectivity index (χ0n) is 18.6. The molecule has 0 unspecified atom stereocenters. The number of anilines is 1. The minimum atomic E-state index is -0.106. The Morgan fingerprint density at radius 2 is 1.65 bits per heavy atom. The van der Waals surface area contributed by atoms with Gasteiger partial charge in [0.25, 0.3) is 5.91 Å². The molecule has 31 heavy (non-hydrogen) atoms. The van der Waals surface area contributed by atoms with Crippen LogP contribution in [0.25, 0.3) is 0 Å². The maximum absolute atomic E-state index is 13.1. The number of nitrogens with one attached hydrogen (secondary N) is 1. The van der Waals surface area contributed by atoms with Crippen LogP contribution in [0.2, 0.25) is 0 Å². The topological polar surface area (TPSA) is 53.4 Å². The van der Waals surface area contributed by atoms with Crippen LogP contribution in [-0.2, 0) is 13.1 Å². The van der Waals surface area contributed by atoms with E-state index in [1.165, 1.54) is 5.56 Å². The highest BCUT2D eigenvalue weighted by molar-refractivity contribution is 6.05. The second kappa shape index (κ2) is 9.45. The van der Waals surface area contributed by atoms with Crippen LogP contribution < -0.4 is 5.32 Å². The summed E-state index contributed by atoms with van der Waals surface area (Å²) in [7, 11) is 2.17. The van der Waals surface area contributed by atoms with E-state index in [4.69, 9.17) is 0 Å². The molecule has 1 fully saturated rings. The van der Waals surface area contributed by atoms with Crippen molar-refractivity contribution in [3.63, 3.8) is 0 Å². The van der Waals surface area contributed by atoms with Crippen LogP contribution in [0.5, 0.6) is 0 Å². The monoisotopic (exact) mass is 417 g/mol. The van der Waals surface area contributed by atoms with Crippen molar-refractivity contribution >= 4 is 11.6 Å². The largest absolute Gasteiger partial charge is 0.322 e. The molecule has 162 valence electrons. The summed E-state index contributed by atoms with van der Waals surface area (Å²) < 4.78 is 1.91. The molecule has 0 atom stereocenters. The van der Waals surface area contributed by atoms with Crippen LogP contribution in [0.3, 0.4) is 0 Å². The number of aromatic nitrogens is 2. The van der Waals surface area contributed by atoms with Crippen LogP contribution >= 0.6 is 0 Å². The molecule has 1 aliphatic heterocycles. The van der Waals surface area contributed by atoms with Gasteiger partial charge in [0.15, 0.2) is 0 Å². The molecule has 0 aliphatic carbocycles. The zero-order chi connectivity index (χ0) is 21.8. The lowest BCUT2D eigenvalue weighted by molar-refractivity contribution is 0.102. The molecule has 1 aromatic heterocycles. The van der Waals surface area contributed by atoms with Gasteiger partial charge in [0.1, 0.15) is 0 Å². The van der Waals surface area contributed by atoms with Crippen molar-refractivity contribution in [2.75, 3.05) is 38.5 Å². The van der Waals surface area contributed by atoms with Crippen molar-refractivity contribution in [2.24, 2.45) is 0 Å². The molecule has 2 heterocycles. The van der Waals surface area contributed by atoms with E-state index in [-0.39, 0.29) is 5.91 Å². The third kappa shape index (κ3) is 5.21. The Labute approximate surface area is 184 Å². The molecule has 0 bridgehead atoms. The smallest absolute Gasteiger partial charge is 0.259 e. The average molecular weight is 418 g/mol. The Bertz CT molecular complexity index is 1040. The van der Waals surface area contributed by atoms with E-state index in [2.05, 4.69) is 51.5 Å². The number of carbonyl (C=O) groups excluding carboxylic acids is 1. The molecule has 0 spiro atoms. The van der Waals surface area contributed by atoms with Crippen molar-refractivity contribution in [1.82, 2.24) is 19.6 Å². The molecule has 1 N–H and O–H groups in total. The highest BCUT2D eigenvalue weighted by Crippen LogP contribution is 2.19. The van der Waals surface area contributed by atoms with Crippen LogP contribution in [-0.4, -0.2) is 58.7 Å². The summed E-state index contributed by atoms with van der Waals surface area (Å²) >= 11 is 0. The lowest BCUT2D eigenvalue weighted by Crippen LogP contribution is -2.43. The fourth-order valence-corrected chi connectivity index (χ4v) is 4.14. The quantitative estimate of drug-likeness (QED) is 0.667. The first-order chi connectivity index (χ1) is 15.0. The predicted molar refractivity (Wildman–Crippen MR) is 124 cm³/mol. The number of rotatable bonds is 6. The first kappa shape index (κ1) is 21.3. The van der Waals surface area contributed by atoms with Crippen LogP contribution in [0, 0.1) is 13.8 Å². The number of aryl methyl sites for hydroxylation is 1. The van der Waals surface area contributed by atoms with E-state index in [0.29, 0.717) is 12.1 Å². The predicted octanol–water partition coefficient (Wildman–Crippen LogP) is 3.55. The van der Waals surface area contributed by atoms with Gasteiger partial charge in [-0.1, -0.05) is 42.5 Å². The summed E-state index contributed by atoms with van der Waals surface area (Å²) in [4.78, 5) is 17.9. The molecule has 1 saturated heterocycles. The van der Waals surface area contributed by atoms with Gasteiger partial charge in [0.2, 0.25) is 0 Å². The highest BCUT2D eigenvalue weighted by Gasteiger charge is 2.19. The number of hydrogen-bond donors (Lipinski definition) is 1. The number of nitrogens with zero attached hydrogens (tertiary/aromatic N) is 4. The molecule has 1 amide bonds. The lowest BCUT2D eigenvalue weighted by Gasteiger charge is -2.32. The normalized spacial score (nSPS) is 15.2. The van der Waals surface area contributed by atoms with E-state index >= 15 is 0 Å². The zero-order valence-corrected chi connectivity index (χ0v) is 18.6. The van der Waals surface area contributed by atoms with Gasteiger partial charge in [-0.25, -0.2) is 0 Å². The number of carbonyl (C=O) groups is 1. The standard InChI is InChI=1S/C25H31N5O/c1-19-24(20(2)30(27-19)18-21-8-5-4-6-9-21)25(31)26-23-11-7-10-22(16-23)17-29-14-12-28(3)13-15-29/h4-11,16H,12-15,17-18H2,1-3H3,(H,26,31). The van der Waals surface area contributed by atoms with Gasteiger partial charge in [-0.3, -0.25) is 14.4 Å². The molecule has 0 radical (unpaired) electrons. The summed E-state index contributed by atoms with van der Waals surface area (Å²) in [6, 6.07) is 18.3. The Hall–Kier alpha value is -2.96. The molecule has 1 aliphatic rings. The Morgan fingerprint density at radius 1 is 0.935 bits per heavy atom. The van der Waals surface area contributed by atoms with E-state index in [9.17, 15) is 4.79 Å². The second-order valence-corrected chi connectivity index (χ2v) is 8.42. The maximum atomic E-state index is 13.1. The van der Waals surface area contributed by atoms with Crippen LogP contribution in [0.4, 0.5) is 5.69 Å². The fraction of sp³-hybridized carbons (Fsp3) is 0.360. The number of amides is 1. The number of hydrogen-bond acceptors (Lipinski definition) is 4. The molecule has 0 saturated carbocycles. The van der Waals surface area contributed by atoms with Crippen molar-refractivity contribution < 1.29 is 4.79 Å². The molecular formula is C25H31N5O. The summed E-state index contributed by atoms with van der Waals surface area (Å²) in [5.41, 5.74) is 5.49. The van der Waals surface area contributed by atoms with Gasteiger partial charge in [-0.15, -0.1) is 0 Å². The second-order valence-electron chi connectivity index (χ2n) is 8.42. The minimum Gasteiger partial charge on any atom is -0.322 e. The van der Waals surface area contributed by atoms with E-state index < -0.39 is 0 Å². The van der Waals surface area contributed by atoms with E-state index in [1.807, 2.05) is 48.9 Å². The van der Waals surface area contributed by atoms with Crippen LogP contribution in [0.1, 0.15) is 32.9 Å². The SMILES string of the molecule is Cc1nn(Cc2ccccc2)c(C)c1C(=O)Nc1cccc(CN2CCN(C)CC2)c1.